The van der Waals surface area contributed by atoms with Crippen LogP contribution in [0.15, 0.2) is 60.7 Å². The van der Waals surface area contributed by atoms with E-state index in [-0.39, 0.29) is 0 Å². The summed E-state index contributed by atoms with van der Waals surface area (Å²) in [7, 11) is -1.57. The third-order valence-corrected chi connectivity index (χ3v) is 7.47. The van der Waals surface area contributed by atoms with Gasteiger partial charge in [0.15, 0.2) is 0 Å². The molecule has 0 aliphatic carbocycles. The smallest absolute Gasteiger partial charge is 0.403 e. The van der Waals surface area contributed by atoms with E-state index in [9.17, 15) is 4.79 Å². The Hall–Kier alpha value is -1.37. The standard InChI is InChI=1S/C16H17ClO2P/c1-20(13-12-19-16(17)18,14-8-4-2-5-9-14)15-10-6-3-7-11-15/h2-11H,12-13H2,1H3/q+1. The second-order valence-electron chi connectivity index (χ2n) is 4.67. The molecule has 0 unspecified atom stereocenters. The molecule has 0 spiro atoms. The van der Waals surface area contributed by atoms with E-state index in [4.69, 9.17) is 16.3 Å². The summed E-state index contributed by atoms with van der Waals surface area (Å²) in [5, 5.41) is 2.61. The lowest BCUT2D eigenvalue weighted by Gasteiger charge is -2.22. The van der Waals surface area contributed by atoms with Gasteiger partial charge in [-0.3, -0.25) is 0 Å². The molecule has 0 saturated carbocycles. The predicted molar refractivity (Wildman–Crippen MR) is 87.1 cm³/mol. The van der Waals surface area contributed by atoms with E-state index in [0.29, 0.717) is 6.61 Å². The molecule has 0 saturated heterocycles. The van der Waals surface area contributed by atoms with Gasteiger partial charge in [0.25, 0.3) is 0 Å². The number of carbonyl (C=O) groups is 1. The molecule has 2 aromatic carbocycles. The molecule has 2 nitrogen and oxygen atoms in total. The van der Waals surface area contributed by atoms with Gasteiger partial charge >= 0.3 is 5.43 Å². The maximum atomic E-state index is 10.8. The zero-order valence-corrected chi connectivity index (χ0v) is 13.0. The summed E-state index contributed by atoms with van der Waals surface area (Å²) < 4.78 is 4.93. The van der Waals surface area contributed by atoms with Gasteiger partial charge in [-0.15, -0.1) is 0 Å². The van der Waals surface area contributed by atoms with Crippen LogP contribution in [0.5, 0.6) is 0 Å². The van der Waals surface area contributed by atoms with Gasteiger partial charge in [-0.05, 0) is 24.3 Å². The SMILES string of the molecule is C[P+](CCOC(=O)Cl)(c1ccccc1)c1ccccc1. The highest BCUT2D eigenvalue weighted by Gasteiger charge is 2.37. The van der Waals surface area contributed by atoms with Gasteiger partial charge in [0, 0.05) is 11.6 Å². The summed E-state index contributed by atoms with van der Waals surface area (Å²) in [6.45, 7) is 2.61. The number of hydrogen-bond acceptors (Lipinski definition) is 2. The molecule has 0 amide bonds. The van der Waals surface area contributed by atoms with Crippen molar-refractivity contribution in [1.29, 1.82) is 0 Å². The Bertz CT molecular complexity index is 518. The topological polar surface area (TPSA) is 26.3 Å². The molecule has 0 bridgehead atoms. The quantitative estimate of drug-likeness (QED) is 0.622. The molecule has 0 radical (unpaired) electrons. The number of benzene rings is 2. The number of hydrogen-bond donors (Lipinski definition) is 0. The van der Waals surface area contributed by atoms with Crippen LogP contribution in [0.25, 0.3) is 0 Å². The lowest BCUT2D eigenvalue weighted by atomic mass is 10.4. The molecule has 0 aromatic heterocycles. The number of carbonyl (C=O) groups excluding carboxylic acids is 1. The molecule has 2 rings (SSSR count). The monoisotopic (exact) mass is 307 g/mol. The number of ether oxygens (including phenoxy) is 1. The van der Waals surface area contributed by atoms with Crippen LogP contribution in [0.4, 0.5) is 4.79 Å². The Balaban J connectivity index is 2.31. The van der Waals surface area contributed by atoms with Crippen LogP contribution in [-0.4, -0.2) is 24.9 Å². The van der Waals surface area contributed by atoms with Crippen molar-refractivity contribution in [1.82, 2.24) is 0 Å². The van der Waals surface area contributed by atoms with Crippen molar-refractivity contribution < 1.29 is 9.53 Å². The van der Waals surface area contributed by atoms with E-state index in [1.807, 2.05) is 36.4 Å². The highest BCUT2D eigenvalue weighted by molar-refractivity contribution is 7.88. The van der Waals surface area contributed by atoms with Crippen molar-refractivity contribution in [2.45, 2.75) is 0 Å². The second-order valence-corrected chi connectivity index (χ2v) is 8.84. The largest absolute Gasteiger partial charge is 0.450 e. The normalized spacial score (nSPS) is 11.1. The van der Waals surface area contributed by atoms with E-state index < -0.39 is 12.7 Å². The Morgan fingerprint density at radius 2 is 1.45 bits per heavy atom. The van der Waals surface area contributed by atoms with Crippen molar-refractivity contribution in [3.05, 3.63) is 60.7 Å². The van der Waals surface area contributed by atoms with Crippen LogP contribution in [0, 0.1) is 0 Å². The molecule has 104 valence electrons. The zero-order chi connectivity index (χ0) is 14.4. The summed E-state index contributed by atoms with van der Waals surface area (Å²) in [6.07, 6.45) is 0.791. The third kappa shape index (κ3) is 3.59. The predicted octanol–water partition coefficient (Wildman–Crippen LogP) is 3.66. The van der Waals surface area contributed by atoms with Gasteiger partial charge < -0.3 is 4.74 Å². The molecule has 0 aliphatic rings. The molecule has 0 fully saturated rings. The first-order valence-corrected chi connectivity index (χ1v) is 9.22. The van der Waals surface area contributed by atoms with Crippen molar-refractivity contribution in [3.63, 3.8) is 0 Å². The molecule has 20 heavy (non-hydrogen) atoms. The summed E-state index contributed by atoms with van der Waals surface area (Å²) in [5.74, 6) is 0. The van der Waals surface area contributed by atoms with Crippen LogP contribution >= 0.6 is 18.9 Å². The minimum absolute atomic E-state index is 0.344. The van der Waals surface area contributed by atoms with Gasteiger partial charge in [-0.1, -0.05) is 36.4 Å². The molecular weight excluding hydrogens is 291 g/mol. The van der Waals surface area contributed by atoms with Crippen LogP contribution in [0.2, 0.25) is 0 Å². The maximum Gasteiger partial charge on any atom is 0.403 e. The van der Waals surface area contributed by atoms with Gasteiger partial charge in [-0.25, -0.2) is 4.79 Å². The highest BCUT2D eigenvalue weighted by Crippen LogP contribution is 2.52. The highest BCUT2D eigenvalue weighted by atomic mass is 35.5. The Morgan fingerprint density at radius 1 is 1.00 bits per heavy atom. The molecule has 0 N–H and O–H groups in total. The van der Waals surface area contributed by atoms with Crippen LogP contribution < -0.4 is 10.6 Å². The first kappa shape index (κ1) is 15.0. The Labute approximate surface area is 125 Å². The maximum absolute atomic E-state index is 10.8. The van der Waals surface area contributed by atoms with Crippen molar-refractivity contribution in [2.24, 2.45) is 0 Å². The molecule has 0 aliphatic heterocycles. The van der Waals surface area contributed by atoms with Crippen LogP contribution in [-0.2, 0) is 4.74 Å². The number of rotatable bonds is 5. The zero-order valence-electron chi connectivity index (χ0n) is 11.3. The molecule has 0 heterocycles. The first-order chi connectivity index (χ1) is 9.63. The second kappa shape index (κ2) is 6.88. The summed E-state index contributed by atoms with van der Waals surface area (Å²) in [6, 6.07) is 20.8. The third-order valence-electron chi connectivity index (χ3n) is 3.41. The summed E-state index contributed by atoms with van der Waals surface area (Å²) in [5.41, 5.74) is -0.738. The van der Waals surface area contributed by atoms with Crippen LogP contribution in [0.3, 0.4) is 0 Å². The van der Waals surface area contributed by atoms with E-state index in [1.165, 1.54) is 10.6 Å². The van der Waals surface area contributed by atoms with E-state index in [2.05, 4.69) is 30.9 Å². The summed E-state index contributed by atoms with van der Waals surface area (Å²) in [4.78, 5) is 10.8. The fraction of sp³-hybridized carbons (Fsp3) is 0.188. The van der Waals surface area contributed by atoms with Crippen molar-refractivity contribution in [2.75, 3.05) is 19.4 Å². The number of halogens is 1. The average Bonchev–Trinajstić information content (AvgIpc) is 2.48. The molecule has 4 heteroatoms. The van der Waals surface area contributed by atoms with E-state index >= 15 is 0 Å². The average molecular weight is 308 g/mol. The molecular formula is C16H17ClO2P+. The van der Waals surface area contributed by atoms with Gasteiger partial charge in [0.1, 0.15) is 12.8 Å². The van der Waals surface area contributed by atoms with Gasteiger partial charge in [0.2, 0.25) is 0 Å². The van der Waals surface area contributed by atoms with Gasteiger partial charge in [0.05, 0.1) is 24.5 Å². The van der Waals surface area contributed by atoms with E-state index in [0.717, 1.165) is 6.16 Å². The summed E-state index contributed by atoms with van der Waals surface area (Å²) >= 11 is 5.25. The van der Waals surface area contributed by atoms with E-state index in [1.54, 1.807) is 0 Å². The van der Waals surface area contributed by atoms with Gasteiger partial charge in [-0.2, -0.15) is 0 Å². The first-order valence-electron chi connectivity index (χ1n) is 6.42. The van der Waals surface area contributed by atoms with Crippen molar-refractivity contribution in [3.8, 4) is 0 Å². The Morgan fingerprint density at radius 3 is 1.85 bits per heavy atom. The Kier molecular flexibility index (Phi) is 5.17. The minimum atomic E-state index is -1.57. The molecule has 0 atom stereocenters. The fourth-order valence-corrected chi connectivity index (χ4v) is 5.24. The lowest BCUT2D eigenvalue weighted by Crippen LogP contribution is -2.26. The fourth-order valence-electron chi connectivity index (χ4n) is 2.23. The molecule has 2 aromatic rings. The lowest BCUT2D eigenvalue weighted by molar-refractivity contribution is 0.180. The van der Waals surface area contributed by atoms with Crippen LogP contribution in [0.1, 0.15) is 0 Å². The minimum Gasteiger partial charge on any atom is -0.450 e. The van der Waals surface area contributed by atoms with Crippen molar-refractivity contribution >= 4 is 34.9 Å².